The summed E-state index contributed by atoms with van der Waals surface area (Å²) in [7, 11) is 1.20. The third-order valence-electron chi connectivity index (χ3n) is 3.33. The van der Waals surface area contributed by atoms with Crippen molar-refractivity contribution in [3.8, 4) is 6.07 Å². The van der Waals surface area contributed by atoms with Gasteiger partial charge in [-0.2, -0.15) is 5.26 Å². The molecule has 0 aliphatic heterocycles. The second-order valence-electron chi connectivity index (χ2n) is 5.05. The predicted octanol–water partition coefficient (Wildman–Crippen LogP) is 2.61. The summed E-state index contributed by atoms with van der Waals surface area (Å²) in [5, 5.41) is 14.6. The quantitative estimate of drug-likeness (QED) is 0.481. The number of hydrogen-bond donors (Lipinski definition) is 2. The number of nitriles is 1. The predicted molar refractivity (Wildman–Crippen MR) is 93.4 cm³/mol. The molecule has 1 amide bonds. The Labute approximate surface area is 145 Å². The summed E-state index contributed by atoms with van der Waals surface area (Å²) in [5.74, 6) is -0.947. The van der Waals surface area contributed by atoms with Crippen molar-refractivity contribution in [2.24, 2.45) is 0 Å². The molecule has 25 heavy (non-hydrogen) atoms. The molecule has 126 valence electrons. The average molecular weight is 335 g/mol. The summed E-state index contributed by atoms with van der Waals surface area (Å²) >= 11 is 0. The Hall–Kier alpha value is -3.59. The van der Waals surface area contributed by atoms with Crippen molar-refractivity contribution in [3.63, 3.8) is 0 Å². The number of methoxy groups -OCH3 is 1. The number of carbonyl (C=O) groups is 2. The fourth-order valence-corrected chi connectivity index (χ4v) is 2.03. The average Bonchev–Trinajstić information content (AvgIpc) is 2.67. The minimum Gasteiger partial charge on any atom is -0.465 e. The smallest absolute Gasteiger partial charge is 0.350 e. The molecule has 2 rings (SSSR count). The van der Waals surface area contributed by atoms with Crippen LogP contribution in [-0.2, 0) is 16.1 Å². The van der Waals surface area contributed by atoms with Crippen molar-refractivity contribution in [1.29, 1.82) is 5.26 Å². The zero-order valence-corrected chi connectivity index (χ0v) is 13.7. The van der Waals surface area contributed by atoms with Gasteiger partial charge in [0.2, 0.25) is 0 Å². The van der Waals surface area contributed by atoms with Crippen LogP contribution in [0.4, 0.5) is 5.69 Å². The van der Waals surface area contributed by atoms with Gasteiger partial charge in [-0.05, 0) is 23.8 Å². The van der Waals surface area contributed by atoms with Gasteiger partial charge in [0.25, 0.3) is 5.91 Å². The molecule has 2 aromatic carbocycles. The first-order valence-corrected chi connectivity index (χ1v) is 7.51. The number of amides is 1. The molecule has 0 unspecified atom stereocenters. The Balaban J connectivity index is 2.03. The second-order valence-corrected chi connectivity index (χ2v) is 5.05. The molecule has 0 heterocycles. The number of ether oxygens (including phenoxy) is 1. The van der Waals surface area contributed by atoms with Gasteiger partial charge in [0.05, 0.1) is 7.11 Å². The second kappa shape index (κ2) is 8.89. The standard InChI is InChI=1S/C19H17N3O3/c1-25-19(24)16(11-20)13-21-17-9-5-8-15(10-17)18(23)22-12-14-6-3-2-4-7-14/h2-10,13,21H,12H2,1H3,(H,22,23)/b16-13-. The maximum Gasteiger partial charge on any atom is 0.350 e. The van der Waals surface area contributed by atoms with Gasteiger partial charge < -0.3 is 15.4 Å². The molecule has 2 N–H and O–H groups in total. The van der Waals surface area contributed by atoms with E-state index in [1.54, 1.807) is 30.3 Å². The van der Waals surface area contributed by atoms with E-state index >= 15 is 0 Å². The van der Waals surface area contributed by atoms with Crippen LogP contribution in [0.3, 0.4) is 0 Å². The van der Waals surface area contributed by atoms with E-state index in [9.17, 15) is 9.59 Å². The van der Waals surface area contributed by atoms with E-state index in [2.05, 4.69) is 15.4 Å². The molecular weight excluding hydrogens is 318 g/mol. The fraction of sp³-hybridized carbons (Fsp3) is 0.105. The Morgan fingerprint density at radius 3 is 2.60 bits per heavy atom. The van der Waals surface area contributed by atoms with E-state index in [1.165, 1.54) is 13.3 Å². The number of benzene rings is 2. The van der Waals surface area contributed by atoms with Gasteiger partial charge >= 0.3 is 5.97 Å². The Kier molecular flexibility index (Phi) is 6.32. The lowest BCUT2D eigenvalue weighted by Gasteiger charge is -2.07. The van der Waals surface area contributed by atoms with E-state index in [0.717, 1.165) is 5.56 Å². The first-order chi connectivity index (χ1) is 12.1. The number of carbonyl (C=O) groups excluding carboxylic acids is 2. The lowest BCUT2D eigenvalue weighted by atomic mass is 10.1. The van der Waals surface area contributed by atoms with Gasteiger partial charge in [0.15, 0.2) is 5.57 Å². The molecule has 0 aliphatic carbocycles. The van der Waals surface area contributed by atoms with Crippen molar-refractivity contribution in [2.45, 2.75) is 6.54 Å². The molecule has 6 nitrogen and oxygen atoms in total. The van der Waals surface area contributed by atoms with Crippen molar-refractivity contribution in [3.05, 3.63) is 77.5 Å². The van der Waals surface area contributed by atoms with Crippen LogP contribution in [0.1, 0.15) is 15.9 Å². The molecule has 0 radical (unpaired) electrons. The fourth-order valence-electron chi connectivity index (χ4n) is 2.03. The maximum atomic E-state index is 12.2. The molecule has 2 aromatic rings. The summed E-state index contributed by atoms with van der Waals surface area (Å²) in [6, 6.07) is 18.1. The molecule has 0 saturated carbocycles. The summed E-state index contributed by atoms with van der Waals surface area (Å²) in [6.07, 6.45) is 1.24. The normalized spacial score (nSPS) is 10.5. The highest BCUT2D eigenvalue weighted by molar-refractivity contribution is 5.95. The van der Waals surface area contributed by atoms with Gasteiger partial charge in [-0.3, -0.25) is 4.79 Å². The maximum absolute atomic E-state index is 12.2. The number of esters is 1. The monoisotopic (exact) mass is 335 g/mol. The van der Waals surface area contributed by atoms with E-state index in [-0.39, 0.29) is 11.5 Å². The van der Waals surface area contributed by atoms with Gasteiger partial charge in [-0.25, -0.2) is 4.79 Å². The number of nitrogens with zero attached hydrogens (tertiary/aromatic N) is 1. The minimum atomic E-state index is -0.730. The topological polar surface area (TPSA) is 91.2 Å². The summed E-state index contributed by atoms with van der Waals surface area (Å²) in [6.45, 7) is 0.429. The number of nitrogens with one attached hydrogen (secondary N) is 2. The molecule has 0 fully saturated rings. The van der Waals surface area contributed by atoms with Crippen molar-refractivity contribution in [1.82, 2.24) is 5.32 Å². The van der Waals surface area contributed by atoms with Crippen molar-refractivity contribution < 1.29 is 14.3 Å². The third-order valence-corrected chi connectivity index (χ3v) is 3.33. The van der Waals surface area contributed by atoms with Crippen LogP contribution in [-0.4, -0.2) is 19.0 Å². The third kappa shape index (κ3) is 5.22. The molecular formula is C19H17N3O3. The highest BCUT2D eigenvalue weighted by Crippen LogP contribution is 2.12. The Morgan fingerprint density at radius 2 is 1.92 bits per heavy atom. The number of hydrogen-bond acceptors (Lipinski definition) is 5. The van der Waals surface area contributed by atoms with Gasteiger partial charge in [-0.1, -0.05) is 36.4 Å². The Morgan fingerprint density at radius 1 is 1.16 bits per heavy atom. The Bertz CT molecular complexity index is 823. The molecule has 0 bridgehead atoms. The molecule has 0 atom stereocenters. The summed E-state index contributed by atoms with van der Waals surface area (Å²) in [4.78, 5) is 23.6. The van der Waals surface area contributed by atoms with Crippen molar-refractivity contribution >= 4 is 17.6 Å². The van der Waals surface area contributed by atoms with E-state index < -0.39 is 5.97 Å². The molecule has 0 aromatic heterocycles. The summed E-state index contributed by atoms with van der Waals surface area (Å²) < 4.78 is 4.49. The van der Waals surface area contributed by atoms with Gasteiger partial charge in [0.1, 0.15) is 6.07 Å². The zero-order chi connectivity index (χ0) is 18.1. The highest BCUT2D eigenvalue weighted by Gasteiger charge is 2.09. The van der Waals surface area contributed by atoms with Crippen LogP contribution < -0.4 is 10.6 Å². The molecule has 6 heteroatoms. The first kappa shape index (κ1) is 17.8. The van der Waals surface area contributed by atoms with Crippen LogP contribution in [0, 0.1) is 11.3 Å². The molecule has 0 spiro atoms. The largest absolute Gasteiger partial charge is 0.465 e. The minimum absolute atomic E-state index is 0.165. The van der Waals surface area contributed by atoms with Crippen LogP contribution in [0.2, 0.25) is 0 Å². The number of rotatable bonds is 6. The van der Waals surface area contributed by atoms with E-state index in [1.807, 2.05) is 30.3 Å². The zero-order valence-electron chi connectivity index (χ0n) is 13.7. The van der Waals surface area contributed by atoms with Crippen LogP contribution >= 0.6 is 0 Å². The number of anilines is 1. The van der Waals surface area contributed by atoms with Crippen molar-refractivity contribution in [2.75, 3.05) is 12.4 Å². The first-order valence-electron chi connectivity index (χ1n) is 7.51. The summed E-state index contributed by atoms with van der Waals surface area (Å²) in [5.41, 5.74) is 1.88. The lowest BCUT2D eigenvalue weighted by molar-refractivity contribution is -0.135. The van der Waals surface area contributed by atoms with Gasteiger partial charge in [0, 0.05) is 24.0 Å². The molecule has 0 saturated heterocycles. The van der Waals surface area contributed by atoms with E-state index in [4.69, 9.17) is 5.26 Å². The molecule has 0 aliphatic rings. The van der Waals surface area contributed by atoms with Crippen LogP contribution in [0.15, 0.2) is 66.4 Å². The van der Waals surface area contributed by atoms with Crippen LogP contribution in [0.5, 0.6) is 0 Å². The lowest BCUT2D eigenvalue weighted by Crippen LogP contribution is -2.22. The van der Waals surface area contributed by atoms with Gasteiger partial charge in [-0.15, -0.1) is 0 Å². The highest BCUT2D eigenvalue weighted by atomic mass is 16.5. The van der Waals surface area contributed by atoms with E-state index in [0.29, 0.717) is 17.8 Å². The van der Waals surface area contributed by atoms with Crippen LogP contribution in [0.25, 0.3) is 0 Å². The SMILES string of the molecule is COC(=O)/C(C#N)=C\Nc1cccc(C(=O)NCc2ccccc2)c1.